The first kappa shape index (κ1) is 24.3. The summed E-state index contributed by atoms with van der Waals surface area (Å²) in [7, 11) is 0. The molecule has 0 N–H and O–H groups in total. The minimum atomic E-state index is -0.151. The number of hydrogen-bond donors (Lipinski definition) is 0. The van der Waals surface area contributed by atoms with Crippen LogP contribution in [0.15, 0.2) is 71.3 Å². The fourth-order valence-corrected chi connectivity index (χ4v) is 6.28. The van der Waals surface area contributed by atoms with Gasteiger partial charge in [0.2, 0.25) is 0 Å². The molecule has 0 heteroatoms. The van der Waals surface area contributed by atoms with Crippen LogP contribution in [0, 0.1) is 41.5 Å². The standard InChI is InChI=1S/C34H40/c1-20-16-17-21(2)31(25(20)6)33-27(8)26(7)32(29-14-12-11-13-15-29)28(9)34(33,10)30-18-22(3)24(5)23(4)19-30/h11-19,33H,1-10H3. The van der Waals surface area contributed by atoms with Crippen molar-refractivity contribution in [3.63, 3.8) is 0 Å². The Morgan fingerprint density at radius 2 is 1.18 bits per heavy atom. The van der Waals surface area contributed by atoms with Crippen molar-refractivity contribution in [2.75, 3.05) is 0 Å². The van der Waals surface area contributed by atoms with Crippen LogP contribution in [0.1, 0.15) is 83.7 Å². The summed E-state index contributed by atoms with van der Waals surface area (Å²) in [5, 5.41) is 0. The van der Waals surface area contributed by atoms with Gasteiger partial charge in [0.1, 0.15) is 0 Å². The Balaban J connectivity index is 2.14. The van der Waals surface area contributed by atoms with Crippen LogP contribution in [0.2, 0.25) is 0 Å². The fourth-order valence-electron chi connectivity index (χ4n) is 6.28. The molecule has 0 spiro atoms. The van der Waals surface area contributed by atoms with E-state index >= 15 is 0 Å². The Morgan fingerprint density at radius 1 is 0.618 bits per heavy atom. The summed E-state index contributed by atoms with van der Waals surface area (Å²) >= 11 is 0. The van der Waals surface area contributed by atoms with Gasteiger partial charge in [-0.15, -0.1) is 0 Å². The van der Waals surface area contributed by atoms with Crippen molar-refractivity contribution in [3.05, 3.63) is 121 Å². The minimum absolute atomic E-state index is 0.151. The van der Waals surface area contributed by atoms with Crippen molar-refractivity contribution >= 4 is 5.57 Å². The van der Waals surface area contributed by atoms with Crippen LogP contribution in [0.4, 0.5) is 0 Å². The van der Waals surface area contributed by atoms with Crippen LogP contribution in [-0.4, -0.2) is 0 Å². The highest BCUT2D eigenvalue weighted by atomic mass is 14.5. The van der Waals surface area contributed by atoms with Crippen LogP contribution < -0.4 is 0 Å². The summed E-state index contributed by atoms with van der Waals surface area (Å²) < 4.78 is 0. The average Bonchev–Trinajstić information content (AvgIpc) is 2.81. The third-order valence-corrected chi connectivity index (χ3v) is 9.01. The first-order valence-electron chi connectivity index (χ1n) is 12.6. The molecule has 0 aliphatic heterocycles. The summed E-state index contributed by atoms with van der Waals surface area (Å²) in [5.74, 6) is 0.293. The Hall–Kier alpha value is -2.86. The molecular formula is C34H40. The van der Waals surface area contributed by atoms with Gasteiger partial charge in [-0.1, -0.05) is 72.7 Å². The third kappa shape index (κ3) is 3.59. The number of rotatable bonds is 3. The van der Waals surface area contributed by atoms with Gasteiger partial charge in [-0.05, 0) is 124 Å². The Morgan fingerprint density at radius 3 is 1.76 bits per heavy atom. The summed E-state index contributed by atoms with van der Waals surface area (Å²) in [6.07, 6.45) is 0. The van der Waals surface area contributed by atoms with E-state index in [9.17, 15) is 0 Å². The zero-order chi connectivity index (χ0) is 24.9. The van der Waals surface area contributed by atoms with Crippen molar-refractivity contribution in [1.29, 1.82) is 0 Å². The van der Waals surface area contributed by atoms with Crippen LogP contribution in [-0.2, 0) is 5.41 Å². The van der Waals surface area contributed by atoms with E-state index in [1.807, 2.05) is 0 Å². The topological polar surface area (TPSA) is 0 Å². The SMILES string of the molecule is CC1=C(C)C(c2c(C)ccc(C)c2C)C(C)(c2cc(C)c(C)c(C)c2)C(C)=C1c1ccccc1. The van der Waals surface area contributed by atoms with E-state index in [4.69, 9.17) is 0 Å². The molecule has 0 bridgehead atoms. The van der Waals surface area contributed by atoms with Crippen LogP contribution in [0.25, 0.3) is 5.57 Å². The molecule has 34 heavy (non-hydrogen) atoms. The van der Waals surface area contributed by atoms with Crippen molar-refractivity contribution < 1.29 is 0 Å². The van der Waals surface area contributed by atoms with E-state index < -0.39 is 0 Å². The molecule has 0 saturated carbocycles. The van der Waals surface area contributed by atoms with E-state index in [2.05, 4.69) is 124 Å². The van der Waals surface area contributed by atoms with Gasteiger partial charge in [-0.3, -0.25) is 0 Å². The molecule has 0 fully saturated rings. The molecule has 0 saturated heterocycles. The fraction of sp³-hybridized carbons (Fsp3) is 0.353. The molecule has 4 rings (SSSR count). The molecule has 0 amide bonds. The normalized spacial score (nSPS) is 20.8. The van der Waals surface area contributed by atoms with E-state index in [-0.39, 0.29) is 5.41 Å². The average molecular weight is 449 g/mol. The van der Waals surface area contributed by atoms with Crippen molar-refractivity contribution in [2.45, 2.75) is 80.6 Å². The molecule has 0 radical (unpaired) electrons. The predicted octanol–water partition coefficient (Wildman–Crippen LogP) is 9.40. The predicted molar refractivity (Wildman–Crippen MR) is 149 cm³/mol. The van der Waals surface area contributed by atoms with Gasteiger partial charge < -0.3 is 0 Å². The molecule has 0 heterocycles. The summed E-state index contributed by atoms with van der Waals surface area (Å²) in [6.45, 7) is 23.2. The second-order valence-electron chi connectivity index (χ2n) is 10.8. The van der Waals surface area contributed by atoms with Crippen molar-refractivity contribution in [3.8, 4) is 0 Å². The lowest BCUT2D eigenvalue weighted by molar-refractivity contribution is 0.469. The van der Waals surface area contributed by atoms with Gasteiger partial charge in [0, 0.05) is 11.3 Å². The second kappa shape index (κ2) is 8.73. The molecular weight excluding hydrogens is 408 g/mol. The zero-order valence-corrected chi connectivity index (χ0v) is 22.8. The summed E-state index contributed by atoms with van der Waals surface area (Å²) in [6, 6.07) is 20.5. The van der Waals surface area contributed by atoms with Crippen LogP contribution >= 0.6 is 0 Å². The van der Waals surface area contributed by atoms with E-state index in [0.717, 1.165) is 0 Å². The van der Waals surface area contributed by atoms with E-state index in [0.29, 0.717) is 5.92 Å². The minimum Gasteiger partial charge on any atom is -0.0622 e. The summed E-state index contributed by atoms with van der Waals surface area (Å²) in [5.41, 5.74) is 18.2. The van der Waals surface area contributed by atoms with Gasteiger partial charge >= 0.3 is 0 Å². The largest absolute Gasteiger partial charge is 0.0622 e. The van der Waals surface area contributed by atoms with Crippen molar-refractivity contribution in [1.82, 2.24) is 0 Å². The summed E-state index contributed by atoms with van der Waals surface area (Å²) in [4.78, 5) is 0. The van der Waals surface area contributed by atoms with Crippen molar-refractivity contribution in [2.24, 2.45) is 0 Å². The molecule has 2 unspecified atom stereocenters. The molecule has 3 aromatic carbocycles. The maximum absolute atomic E-state index is 2.50. The van der Waals surface area contributed by atoms with Crippen LogP contribution in [0.3, 0.4) is 0 Å². The zero-order valence-electron chi connectivity index (χ0n) is 22.8. The highest BCUT2D eigenvalue weighted by Crippen LogP contribution is 2.57. The second-order valence-corrected chi connectivity index (χ2v) is 10.8. The monoisotopic (exact) mass is 448 g/mol. The highest BCUT2D eigenvalue weighted by Gasteiger charge is 2.45. The Bertz CT molecular complexity index is 1310. The molecule has 1 aliphatic carbocycles. The molecule has 0 nitrogen and oxygen atoms in total. The van der Waals surface area contributed by atoms with Gasteiger partial charge in [0.15, 0.2) is 0 Å². The molecule has 1 aliphatic rings. The first-order chi connectivity index (χ1) is 16.0. The lowest BCUT2D eigenvalue weighted by atomic mass is 9.56. The Labute approximate surface area is 207 Å². The van der Waals surface area contributed by atoms with Gasteiger partial charge in [0.05, 0.1) is 0 Å². The number of benzene rings is 3. The third-order valence-electron chi connectivity index (χ3n) is 9.01. The quantitative estimate of drug-likeness (QED) is 0.374. The molecule has 3 aromatic rings. The highest BCUT2D eigenvalue weighted by molar-refractivity contribution is 5.86. The van der Waals surface area contributed by atoms with Gasteiger partial charge in [0.25, 0.3) is 0 Å². The lowest BCUT2D eigenvalue weighted by Gasteiger charge is -2.47. The smallest absolute Gasteiger partial charge is 0.0246 e. The Kier molecular flexibility index (Phi) is 6.23. The molecule has 176 valence electrons. The number of allylic oxidation sites excluding steroid dienone is 4. The maximum atomic E-state index is 2.50. The van der Waals surface area contributed by atoms with E-state index in [1.165, 1.54) is 72.4 Å². The lowest BCUT2D eigenvalue weighted by Crippen LogP contribution is -2.37. The first-order valence-corrected chi connectivity index (χ1v) is 12.6. The van der Waals surface area contributed by atoms with Gasteiger partial charge in [-0.2, -0.15) is 0 Å². The van der Waals surface area contributed by atoms with Gasteiger partial charge in [-0.25, -0.2) is 0 Å². The van der Waals surface area contributed by atoms with Crippen LogP contribution in [0.5, 0.6) is 0 Å². The number of aryl methyl sites for hydroxylation is 4. The molecule has 0 aromatic heterocycles. The number of hydrogen-bond acceptors (Lipinski definition) is 0. The molecule has 2 atom stereocenters. The van der Waals surface area contributed by atoms with E-state index in [1.54, 1.807) is 0 Å². The maximum Gasteiger partial charge on any atom is 0.0246 e.